The van der Waals surface area contributed by atoms with Gasteiger partial charge in [-0.15, -0.1) is 0 Å². The summed E-state index contributed by atoms with van der Waals surface area (Å²) < 4.78 is 0. The first-order valence-electron chi connectivity index (χ1n) is 10.6. The zero-order valence-electron chi connectivity index (χ0n) is 19.3. The van der Waals surface area contributed by atoms with Gasteiger partial charge in [0.15, 0.2) is 0 Å². The highest BCUT2D eigenvalue weighted by molar-refractivity contribution is 6.77. The zero-order valence-corrected chi connectivity index (χ0v) is 19.3. The molecule has 4 heteroatoms. The minimum absolute atomic E-state index is 0.436. The van der Waals surface area contributed by atoms with Gasteiger partial charge in [-0.3, -0.25) is 0 Å². The van der Waals surface area contributed by atoms with Crippen LogP contribution in [-0.2, 0) is 0 Å². The molecule has 2 nitrogen and oxygen atoms in total. The summed E-state index contributed by atoms with van der Waals surface area (Å²) in [6, 6.07) is 4.69. The Hall–Kier alpha value is -0.730. The van der Waals surface area contributed by atoms with E-state index in [0.717, 1.165) is 0 Å². The van der Waals surface area contributed by atoms with Crippen LogP contribution in [0.3, 0.4) is 0 Å². The van der Waals surface area contributed by atoms with Crippen molar-refractivity contribution in [3.05, 3.63) is 34.4 Å². The quantitative estimate of drug-likeness (QED) is 0.689. The molecular weight excluding hydrogens is 314 g/mol. The second kappa shape index (κ2) is 9.99. The van der Waals surface area contributed by atoms with Crippen LogP contribution in [0.1, 0.15) is 69.2 Å². The van der Waals surface area contributed by atoms with Gasteiger partial charge in [0.05, 0.1) is 0 Å². The molecule has 1 aliphatic heterocycles. The predicted molar refractivity (Wildman–Crippen MR) is 122 cm³/mol. The number of benzene rings is 1. The Morgan fingerprint density at radius 3 is 2.19 bits per heavy atom. The van der Waals surface area contributed by atoms with Crippen LogP contribution in [0, 0.1) is 26.7 Å². The summed E-state index contributed by atoms with van der Waals surface area (Å²) in [5.41, 5.74) is 6.45. The van der Waals surface area contributed by atoms with Crippen LogP contribution in [0.15, 0.2) is 12.1 Å². The number of hydrogen-bond acceptors (Lipinski definition) is 2. The molecule has 4 unspecified atom stereocenters. The molecular formula is C22H42B2N2. The molecule has 4 atom stereocenters. The molecule has 146 valence electrons. The van der Waals surface area contributed by atoms with Crippen molar-refractivity contribution in [3.8, 4) is 0 Å². The Kier molecular flexibility index (Phi) is 8.96. The van der Waals surface area contributed by atoms with Gasteiger partial charge >= 0.3 is 0 Å². The van der Waals surface area contributed by atoms with Crippen LogP contribution < -0.4 is 5.23 Å². The van der Waals surface area contributed by atoms with Crippen LogP contribution in [-0.4, -0.2) is 31.7 Å². The van der Waals surface area contributed by atoms with Crippen molar-refractivity contribution >= 4 is 13.7 Å². The first-order chi connectivity index (χ1) is 12.1. The van der Waals surface area contributed by atoms with Crippen LogP contribution >= 0.6 is 0 Å². The molecule has 0 bridgehead atoms. The lowest BCUT2D eigenvalue weighted by molar-refractivity contribution is 0.230. The normalized spacial score (nSPS) is 23.3. The molecule has 0 radical (unpaired) electrons. The van der Waals surface area contributed by atoms with Crippen molar-refractivity contribution in [1.29, 1.82) is 0 Å². The fourth-order valence-corrected chi connectivity index (χ4v) is 4.21. The van der Waals surface area contributed by atoms with Gasteiger partial charge in [0.1, 0.15) is 0 Å². The maximum atomic E-state index is 3.87. The topological polar surface area (TPSA) is 15.3 Å². The van der Waals surface area contributed by atoms with Crippen molar-refractivity contribution < 1.29 is 0 Å². The van der Waals surface area contributed by atoms with E-state index in [1.807, 2.05) is 0 Å². The molecule has 2 rings (SSSR count). The van der Waals surface area contributed by atoms with Gasteiger partial charge < -0.3 is 10.0 Å². The molecule has 1 fully saturated rings. The third-order valence-corrected chi connectivity index (χ3v) is 6.69. The molecule has 26 heavy (non-hydrogen) atoms. The number of rotatable bonds is 3. The molecule has 1 aliphatic rings. The van der Waals surface area contributed by atoms with Gasteiger partial charge in [-0.1, -0.05) is 78.1 Å². The van der Waals surface area contributed by atoms with Crippen LogP contribution in [0.5, 0.6) is 0 Å². The Balaban J connectivity index is 0.00000105. The predicted octanol–water partition coefficient (Wildman–Crippen LogP) is 5.80. The van der Waals surface area contributed by atoms with E-state index in [4.69, 9.17) is 0 Å². The first kappa shape index (κ1) is 23.3. The minimum atomic E-state index is 0.436. The van der Waals surface area contributed by atoms with E-state index in [9.17, 15) is 0 Å². The maximum Gasteiger partial charge on any atom is 0.218 e. The smallest absolute Gasteiger partial charge is 0.218 e. The van der Waals surface area contributed by atoms with Crippen molar-refractivity contribution in [2.75, 3.05) is 7.05 Å². The van der Waals surface area contributed by atoms with Crippen LogP contribution in [0.25, 0.3) is 0 Å². The SMILES string of the molecule is CB1NC(C(C)C(C)c2cc(C)cc(C)c2C)N(C)B(C)C1C.CCC. The fraction of sp³-hybridized carbons (Fsp3) is 0.727. The van der Waals surface area contributed by atoms with Gasteiger partial charge in [0.2, 0.25) is 13.7 Å². The third kappa shape index (κ3) is 5.16. The molecule has 1 aromatic rings. The third-order valence-electron chi connectivity index (χ3n) is 6.69. The molecule has 1 aromatic carbocycles. The molecule has 0 spiro atoms. The summed E-state index contributed by atoms with van der Waals surface area (Å²) in [7, 11) is 2.28. The van der Waals surface area contributed by atoms with E-state index in [1.54, 1.807) is 0 Å². The monoisotopic (exact) mass is 356 g/mol. The number of hydrogen-bond donors (Lipinski definition) is 1. The lowest BCUT2D eigenvalue weighted by Gasteiger charge is -2.47. The molecule has 0 aliphatic carbocycles. The summed E-state index contributed by atoms with van der Waals surface area (Å²) in [5.74, 6) is 1.11. The van der Waals surface area contributed by atoms with E-state index in [-0.39, 0.29) is 0 Å². The summed E-state index contributed by atoms with van der Waals surface area (Å²) >= 11 is 0. The van der Waals surface area contributed by atoms with Crippen LogP contribution in [0.4, 0.5) is 0 Å². The fourth-order valence-electron chi connectivity index (χ4n) is 4.21. The van der Waals surface area contributed by atoms with E-state index in [0.29, 0.717) is 37.4 Å². The molecule has 1 saturated heterocycles. The highest BCUT2D eigenvalue weighted by Crippen LogP contribution is 2.34. The highest BCUT2D eigenvalue weighted by Gasteiger charge is 2.41. The van der Waals surface area contributed by atoms with Crippen molar-refractivity contribution in [2.45, 2.75) is 93.3 Å². The van der Waals surface area contributed by atoms with Gasteiger partial charge in [-0.2, -0.15) is 0 Å². The molecule has 0 amide bonds. The maximum absolute atomic E-state index is 3.87. The number of nitrogens with one attached hydrogen (secondary N) is 1. The minimum Gasteiger partial charge on any atom is -0.342 e. The molecule has 0 saturated carbocycles. The number of aryl methyl sites for hydroxylation is 2. The first-order valence-corrected chi connectivity index (χ1v) is 10.6. The largest absolute Gasteiger partial charge is 0.342 e. The van der Waals surface area contributed by atoms with E-state index in [2.05, 4.69) is 98.3 Å². The van der Waals surface area contributed by atoms with Crippen molar-refractivity contribution in [3.63, 3.8) is 0 Å². The molecule has 0 aromatic heterocycles. The lowest BCUT2D eigenvalue weighted by Crippen LogP contribution is -2.66. The van der Waals surface area contributed by atoms with Crippen molar-refractivity contribution in [2.24, 2.45) is 5.92 Å². The lowest BCUT2D eigenvalue weighted by atomic mass is 9.31. The summed E-state index contributed by atoms with van der Waals surface area (Å²) in [6.45, 7) is 24.0. The highest BCUT2D eigenvalue weighted by atomic mass is 15.2. The van der Waals surface area contributed by atoms with E-state index < -0.39 is 0 Å². The van der Waals surface area contributed by atoms with Gasteiger partial charge in [0.25, 0.3) is 0 Å². The van der Waals surface area contributed by atoms with E-state index >= 15 is 0 Å². The average Bonchev–Trinajstić information content (AvgIpc) is 2.58. The van der Waals surface area contributed by atoms with Crippen LogP contribution in [0.2, 0.25) is 19.4 Å². The van der Waals surface area contributed by atoms with Gasteiger partial charge in [0, 0.05) is 6.17 Å². The molecule has 1 heterocycles. The standard InChI is InChI=1S/C19H34B2N2.C3H8/c1-12-10-13(2)14(3)18(11-12)15(4)16(5)19-22-20(7)17(6)21(8)23(19)9;1-3-2/h10-11,15-17,19,22H,1-9H3;3H2,1-2H3. The van der Waals surface area contributed by atoms with Gasteiger partial charge in [-0.25, -0.2) is 0 Å². The number of nitrogens with zero attached hydrogens (tertiary/aromatic N) is 1. The Labute approximate surface area is 164 Å². The second-order valence-electron chi connectivity index (χ2n) is 8.82. The Bertz CT molecular complexity index is 576. The second-order valence-corrected chi connectivity index (χ2v) is 8.82. The Morgan fingerprint density at radius 2 is 1.65 bits per heavy atom. The average molecular weight is 356 g/mol. The van der Waals surface area contributed by atoms with Crippen molar-refractivity contribution in [1.82, 2.24) is 10.0 Å². The van der Waals surface area contributed by atoms with Gasteiger partial charge in [-0.05, 0) is 56.3 Å². The zero-order chi connectivity index (χ0) is 20.2. The summed E-state index contributed by atoms with van der Waals surface area (Å²) in [5, 5.41) is 3.87. The van der Waals surface area contributed by atoms with E-state index in [1.165, 1.54) is 28.7 Å². The summed E-state index contributed by atoms with van der Waals surface area (Å²) in [6.07, 6.45) is 1.69. The Morgan fingerprint density at radius 1 is 1.12 bits per heavy atom. The molecule has 1 N–H and O–H groups in total. The summed E-state index contributed by atoms with van der Waals surface area (Å²) in [4.78, 5) is 2.55.